The second-order valence-corrected chi connectivity index (χ2v) is 6.71. The number of benzene rings is 1. The Morgan fingerprint density at radius 3 is 2.73 bits per heavy atom. The van der Waals surface area contributed by atoms with E-state index in [1.54, 1.807) is 25.6 Å². The Morgan fingerprint density at radius 1 is 1.41 bits per heavy atom. The molecule has 1 aromatic heterocycles. The highest BCUT2D eigenvalue weighted by Gasteiger charge is 2.23. The minimum atomic E-state index is -3.62. The largest absolute Gasteiger partial charge is 0.497 e. The van der Waals surface area contributed by atoms with Gasteiger partial charge in [0.05, 0.1) is 19.0 Å². The lowest BCUT2D eigenvalue weighted by Crippen LogP contribution is -2.27. The maximum absolute atomic E-state index is 12.5. The van der Waals surface area contributed by atoms with E-state index in [0.29, 0.717) is 18.0 Å². The summed E-state index contributed by atoms with van der Waals surface area (Å²) in [6.45, 7) is 6.10. The van der Waals surface area contributed by atoms with Crippen molar-refractivity contribution in [2.75, 3.05) is 7.11 Å². The number of nitrogens with one attached hydrogen (secondary N) is 1. The van der Waals surface area contributed by atoms with Crippen LogP contribution >= 0.6 is 0 Å². The van der Waals surface area contributed by atoms with E-state index in [1.807, 2.05) is 31.2 Å². The number of rotatable bonds is 6. The summed E-state index contributed by atoms with van der Waals surface area (Å²) in [6, 6.07) is 6.96. The van der Waals surface area contributed by atoms with Gasteiger partial charge in [0.1, 0.15) is 10.6 Å². The van der Waals surface area contributed by atoms with Crippen LogP contribution in [0.3, 0.4) is 0 Å². The van der Waals surface area contributed by atoms with Gasteiger partial charge in [0.2, 0.25) is 10.0 Å². The van der Waals surface area contributed by atoms with Crippen LogP contribution in [-0.2, 0) is 16.6 Å². The van der Waals surface area contributed by atoms with E-state index in [2.05, 4.69) is 9.82 Å². The predicted molar refractivity (Wildman–Crippen MR) is 84.4 cm³/mol. The standard InChI is InChI=1S/C15H21N3O3S/c1-5-18-12(3)15(10-16-18)22(19,20)17-11(2)13-7-6-8-14(9-13)21-4/h6-11,17H,5H2,1-4H3/t11-/m1/s1. The van der Waals surface area contributed by atoms with E-state index in [9.17, 15) is 8.42 Å². The maximum Gasteiger partial charge on any atom is 0.244 e. The third kappa shape index (κ3) is 3.31. The molecule has 0 bridgehead atoms. The molecule has 0 saturated carbocycles. The average Bonchev–Trinajstić information content (AvgIpc) is 2.88. The summed E-state index contributed by atoms with van der Waals surface area (Å²) in [6.07, 6.45) is 1.39. The molecule has 22 heavy (non-hydrogen) atoms. The number of sulfonamides is 1. The molecule has 0 unspecified atom stereocenters. The third-order valence-electron chi connectivity index (χ3n) is 3.57. The van der Waals surface area contributed by atoms with Gasteiger partial charge >= 0.3 is 0 Å². The number of aryl methyl sites for hydroxylation is 1. The van der Waals surface area contributed by atoms with Crippen LogP contribution in [-0.4, -0.2) is 25.3 Å². The van der Waals surface area contributed by atoms with Crippen LogP contribution in [0.1, 0.15) is 31.1 Å². The van der Waals surface area contributed by atoms with Crippen molar-refractivity contribution in [2.24, 2.45) is 0 Å². The molecule has 7 heteroatoms. The Hall–Kier alpha value is -1.86. The van der Waals surface area contributed by atoms with E-state index in [4.69, 9.17) is 4.74 Å². The Bertz CT molecular complexity index is 753. The molecule has 1 heterocycles. The number of methoxy groups -OCH3 is 1. The maximum atomic E-state index is 12.5. The van der Waals surface area contributed by atoms with Crippen molar-refractivity contribution in [3.8, 4) is 5.75 Å². The summed E-state index contributed by atoms with van der Waals surface area (Å²) < 4.78 is 34.6. The summed E-state index contributed by atoms with van der Waals surface area (Å²) in [4.78, 5) is 0.212. The van der Waals surface area contributed by atoms with Crippen LogP contribution in [0.15, 0.2) is 35.4 Å². The second kappa shape index (κ2) is 6.50. The van der Waals surface area contributed by atoms with Crippen LogP contribution in [0.5, 0.6) is 5.75 Å². The average molecular weight is 323 g/mol. The minimum absolute atomic E-state index is 0.212. The normalized spacial score (nSPS) is 13.1. The van der Waals surface area contributed by atoms with E-state index < -0.39 is 10.0 Å². The Kier molecular flexibility index (Phi) is 4.87. The van der Waals surface area contributed by atoms with Crippen LogP contribution < -0.4 is 9.46 Å². The highest BCUT2D eigenvalue weighted by Crippen LogP contribution is 2.22. The molecule has 0 radical (unpaired) electrons. The van der Waals surface area contributed by atoms with Gasteiger partial charge in [-0.15, -0.1) is 0 Å². The van der Waals surface area contributed by atoms with E-state index in [0.717, 1.165) is 5.56 Å². The smallest absolute Gasteiger partial charge is 0.244 e. The van der Waals surface area contributed by atoms with Gasteiger partial charge in [-0.1, -0.05) is 12.1 Å². The summed E-state index contributed by atoms with van der Waals surface area (Å²) in [5, 5.41) is 4.09. The molecule has 120 valence electrons. The van der Waals surface area contributed by atoms with Crippen LogP contribution in [0.25, 0.3) is 0 Å². The molecular weight excluding hydrogens is 302 g/mol. The molecule has 0 amide bonds. The molecule has 0 spiro atoms. The van der Waals surface area contributed by atoms with Crippen LogP contribution in [0.2, 0.25) is 0 Å². The Balaban J connectivity index is 2.25. The molecule has 1 N–H and O–H groups in total. The first-order valence-corrected chi connectivity index (χ1v) is 8.56. The highest BCUT2D eigenvalue weighted by atomic mass is 32.2. The first-order chi connectivity index (χ1) is 10.4. The second-order valence-electron chi connectivity index (χ2n) is 5.03. The summed E-state index contributed by atoms with van der Waals surface area (Å²) >= 11 is 0. The Labute approximate surface area is 131 Å². The zero-order chi connectivity index (χ0) is 16.3. The quantitative estimate of drug-likeness (QED) is 0.885. The van der Waals surface area contributed by atoms with Crippen LogP contribution in [0.4, 0.5) is 0 Å². The third-order valence-corrected chi connectivity index (χ3v) is 5.22. The van der Waals surface area contributed by atoms with Gasteiger partial charge in [0.15, 0.2) is 0 Å². The highest BCUT2D eigenvalue weighted by molar-refractivity contribution is 7.89. The minimum Gasteiger partial charge on any atom is -0.497 e. The molecule has 1 atom stereocenters. The molecule has 0 fully saturated rings. The topological polar surface area (TPSA) is 73.2 Å². The zero-order valence-electron chi connectivity index (χ0n) is 13.2. The van der Waals surface area contributed by atoms with Crippen molar-refractivity contribution in [1.82, 2.24) is 14.5 Å². The number of nitrogens with zero attached hydrogens (tertiary/aromatic N) is 2. The summed E-state index contributed by atoms with van der Waals surface area (Å²) in [5.41, 5.74) is 1.47. The predicted octanol–water partition coefficient (Wildman–Crippen LogP) is 2.26. The lowest BCUT2D eigenvalue weighted by molar-refractivity contribution is 0.413. The molecule has 2 rings (SSSR count). The van der Waals surface area contributed by atoms with Crippen molar-refractivity contribution in [2.45, 2.75) is 38.3 Å². The van der Waals surface area contributed by atoms with Gasteiger partial charge in [-0.3, -0.25) is 4.68 Å². The van der Waals surface area contributed by atoms with Crippen molar-refractivity contribution < 1.29 is 13.2 Å². The van der Waals surface area contributed by atoms with Gasteiger partial charge in [0, 0.05) is 12.6 Å². The van der Waals surface area contributed by atoms with Gasteiger partial charge in [0.25, 0.3) is 0 Å². The van der Waals surface area contributed by atoms with Crippen molar-refractivity contribution in [1.29, 1.82) is 0 Å². The van der Waals surface area contributed by atoms with Gasteiger partial charge in [-0.05, 0) is 38.5 Å². The fraction of sp³-hybridized carbons (Fsp3) is 0.400. The molecule has 0 aliphatic rings. The lowest BCUT2D eigenvalue weighted by atomic mass is 10.1. The van der Waals surface area contributed by atoms with Crippen molar-refractivity contribution in [3.05, 3.63) is 41.7 Å². The fourth-order valence-electron chi connectivity index (χ4n) is 2.29. The summed E-state index contributed by atoms with van der Waals surface area (Å²) in [7, 11) is -2.04. The van der Waals surface area contributed by atoms with Gasteiger partial charge in [-0.25, -0.2) is 13.1 Å². The summed E-state index contributed by atoms with van der Waals surface area (Å²) in [5.74, 6) is 0.693. The van der Waals surface area contributed by atoms with Crippen molar-refractivity contribution >= 4 is 10.0 Å². The molecule has 0 aliphatic carbocycles. The van der Waals surface area contributed by atoms with E-state index in [-0.39, 0.29) is 10.9 Å². The van der Waals surface area contributed by atoms with E-state index in [1.165, 1.54) is 6.20 Å². The monoisotopic (exact) mass is 323 g/mol. The number of ether oxygens (including phenoxy) is 1. The van der Waals surface area contributed by atoms with Crippen molar-refractivity contribution in [3.63, 3.8) is 0 Å². The molecule has 2 aromatic rings. The van der Waals surface area contributed by atoms with Crippen LogP contribution in [0, 0.1) is 6.92 Å². The SMILES string of the molecule is CCn1ncc(S(=O)(=O)N[C@H](C)c2cccc(OC)c2)c1C. The lowest BCUT2D eigenvalue weighted by Gasteiger charge is -2.15. The molecule has 6 nitrogen and oxygen atoms in total. The number of hydrogen-bond acceptors (Lipinski definition) is 4. The first-order valence-electron chi connectivity index (χ1n) is 7.07. The molecular formula is C15H21N3O3S. The first kappa shape index (κ1) is 16.5. The zero-order valence-corrected chi connectivity index (χ0v) is 14.0. The van der Waals surface area contributed by atoms with Gasteiger partial charge < -0.3 is 4.74 Å². The fourth-order valence-corrected chi connectivity index (χ4v) is 3.70. The molecule has 0 aliphatic heterocycles. The number of hydrogen-bond donors (Lipinski definition) is 1. The molecule has 0 saturated heterocycles. The molecule has 1 aromatic carbocycles. The number of aromatic nitrogens is 2. The van der Waals surface area contributed by atoms with Gasteiger partial charge in [-0.2, -0.15) is 5.10 Å². The van der Waals surface area contributed by atoms with E-state index >= 15 is 0 Å². The Morgan fingerprint density at radius 2 is 2.14 bits per heavy atom.